The van der Waals surface area contributed by atoms with Crippen molar-refractivity contribution < 1.29 is 18.0 Å². The molecular formula is C14H17F3N4OS. The number of hydrogen-bond acceptors (Lipinski definition) is 5. The Morgan fingerprint density at radius 3 is 2.35 bits per heavy atom. The number of amides is 1. The van der Waals surface area contributed by atoms with Crippen LogP contribution in [0.4, 0.5) is 18.3 Å². The molecule has 0 aromatic carbocycles. The molecule has 2 heterocycles. The number of alkyl halides is 3. The minimum absolute atomic E-state index is 0.196. The Bertz CT molecular complexity index is 620. The lowest BCUT2D eigenvalue weighted by Crippen LogP contribution is -2.49. The van der Waals surface area contributed by atoms with Crippen molar-refractivity contribution in [3.05, 3.63) is 5.01 Å². The lowest BCUT2D eigenvalue weighted by Gasteiger charge is -2.35. The zero-order valence-corrected chi connectivity index (χ0v) is 13.3. The summed E-state index contributed by atoms with van der Waals surface area (Å²) in [5, 5.41) is 6.22. The predicted molar refractivity (Wildman–Crippen MR) is 78.1 cm³/mol. The van der Waals surface area contributed by atoms with Gasteiger partial charge in [-0.2, -0.15) is 13.2 Å². The molecule has 0 radical (unpaired) electrons. The molecule has 3 fully saturated rings. The van der Waals surface area contributed by atoms with Crippen LogP contribution in [0.25, 0.3) is 0 Å². The van der Waals surface area contributed by atoms with E-state index in [0.29, 0.717) is 42.9 Å². The van der Waals surface area contributed by atoms with Crippen LogP contribution in [0.5, 0.6) is 0 Å². The molecule has 126 valence electrons. The summed E-state index contributed by atoms with van der Waals surface area (Å²) >= 11 is 0.562. The summed E-state index contributed by atoms with van der Waals surface area (Å²) in [4.78, 5) is 16.1. The van der Waals surface area contributed by atoms with Crippen LogP contribution in [0.2, 0.25) is 0 Å². The SMILES string of the molecule is O=C([C@@H]1CC12CCC2)N1CCN(c2nnc(C(F)(F)F)s2)CC1. The molecule has 1 aliphatic heterocycles. The van der Waals surface area contributed by atoms with Crippen molar-refractivity contribution in [3.8, 4) is 0 Å². The summed E-state index contributed by atoms with van der Waals surface area (Å²) in [5.41, 5.74) is 0.315. The number of carbonyl (C=O) groups excluding carboxylic acids is 1. The van der Waals surface area contributed by atoms with Gasteiger partial charge in [0.15, 0.2) is 0 Å². The van der Waals surface area contributed by atoms with E-state index in [1.54, 1.807) is 4.90 Å². The van der Waals surface area contributed by atoms with E-state index in [1.165, 1.54) is 19.3 Å². The van der Waals surface area contributed by atoms with Gasteiger partial charge in [-0.25, -0.2) is 0 Å². The highest BCUT2D eigenvalue weighted by Crippen LogP contribution is 2.65. The van der Waals surface area contributed by atoms with Crippen molar-refractivity contribution in [1.82, 2.24) is 15.1 Å². The molecule has 1 spiro atoms. The Morgan fingerprint density at radius 2 is 1.87 bits per heavy atom. The van der Waals surface area contributed by atoms with E-state index in [1.807, 2.05) is 4.90 Å². The fourth-order valence-corrected chi connectivity index (χ4v) is 4.44. The van der Waals surface area contributed by atoms with Crippen LogP contribution >= 0.6 is 11.3 Å². The first kappa shape index (κ1) is 15.2. The number of carbonyl (C=O) groups is 1. The number of piperazine rings is 1. The highest BCUT2D eigenvalue weighted by molar-refractivity contribution is 7.15. The van der Waals surface area contributed by atoms with Gasteiger partial charge in [0, 0.05) is 32.1 Å². The molecule has 2 aliphatic carbocycles. The molecule has 3 aliphatic rings. The van der Waals surface area contributed by atoms with E-state index in [0.717, 1.165) is 6.42 Å². The van der Waals surface area contributed by atoms with Gasteiger partial charge in [-0.3, -0.25) is 4.79 Å². The molecular weight excluding hydrogens is 329 g/mol. The quantitative estimate of drug-likeness (QED) is 0.825. The summed E-state index contributed by atoms with van der Waals surface area (Å²) in [7, 11) is 0. The molecule has 1 aromatic rings. The van der Waals surface area contributed by atoms with Gasteiger partial charge >= 0.3 is 6.18 Å². The summed E-state index contributed by atoms with van der Waals surface area (Å²) in [5.74, 6) is 0.429. The average Bonchev–Trinajstić information content (AvgIpc) is 3.06. The van der Waals surface area contributed by atoms with Crippen LogP contribution < -0.4 is 4.90 Å². The van der Waals surface area contributed by atoms with Gasteiger partial charge in [0.25, 0.3) is 0 Å². The number of rotatable bonds is 2. The van der Waals surface area contributed by atoms with Crippen molar-refractivity contribution in [1.29, 1.82) is 0 Å². The second-order valence-corrected chi connectivity index (χ2v) is 7.63. The third-order valence-corrected chi connectivity index (χ3v) is 6.38. The average molecular weight is 346 g/mol. The Balaban J connectivity index is 1.34. The standard InChI is InChI=1S/C14H17F3N4OS/c15-14(16,17)11-18-19-12(23-11)21-6-4-20(5-7-21)10(22)9-8-13(9)2-1-3-13/h9H,1-8H2/t9-/m0/s1. The zero-order chi connectivity index (χ0) is 16.2. The molecule has 5 nitrogen and oxygen atoms in total. The molecule has 0 bridgehead atoms. The first-order valence-corrected chi connectivity index (χ1v) is 8.65. The first-order valence-electron chi connectivity index (χ1n) is 7.83. The maximum absolute atomic E-state index is 12.6. The topological polar surface area (TPSA) is 49.3 Å². The normalized spacial score (nSPS) is 26.3. The summed E-state index contributed by atoms with van der Waals surface area (Å²) in [6.45, 7) is 2.12. The van der Waals surface area contributed by atoms with E-state index in [9.17, 15) is 18.0 Å². The monoisotopic (exact) mass is 346 g/mol. The molecule has 23 heavy (non-hydrogen) atoms. The van der Waals surface area contributed by atoms with E-state index in [-0.39, 0.29) is 17.0 Å². The van der Waals surface area contributed by atoms with Crippen LogP contribution in [-0.2, 0) is 11.0 Å². The van der Waals surface area contributed by atoms with Crippen LogP contribution in [0.3, 0.4) is 0 Å². The van der Waals surface area contributed by atoms with Gasteiger partial charge in [-0.1, -0.05) is 17.8 Å². The Kier molecular flexibility index (Phi) is 3.33. The summed E-state index contributed by atoms with van der Waals surface area (Å²) in [6, 6.07) is 0. The first-order chi connectivity index (χ1) is 10.9. The predicted octanol–water partition coefficient (Wildman–Crippen LogP) is 2.40. The highest BCUT2D eigenvalue weighted by Gasteiger charge is 2.61. The molecule has 4 rings (SSSR count). The van der Waals surface area contributed by atoms with Crippen LogP contribution in [0.15, 0.2) is 0 Å². The van der Waals surface area contributed by atoms with E-state index < -0.39 is 11.2 Å². The lowest BCUT2D eigenvalue weighted by molar-refractivity contribution is -0.138. The van der Waals surface area contributed by atoms with Gasteiger partial charge in [-0.05, 0) is 24.7 Å². The van der Waals surface area contributed by atoms with Crippen molar-refractivity contribution in [2.75, 3.05) is 31.1 Å². The maximum Gasteiger partial charge on any atom is 0.445 e. The van der Waals surface area contributed by atoms with E-state index in [4.69, 9.17) is 0 Å². The van der Waals surface area contributed by atoms with Crippen molar-refractivity contribution in [2.24, 2.45) is 11.3 Å². The van der Waals surface area contributed by atoms with Crippen LogP contribution in [0, 0.1) is 11.3 Å². The number of anilines is 1. The zero-order valence-electron chi connectivity index (χ0n) is 12.5. The van der Waals surface area contributed by atoms with E-state index >= 15 is 0 Å². The summed E-state index contributed by atoms with van der Waals surface area (Å²) in [6.07, 6.45) is 0.160. The van der Waals surface area contributed by atoms with Crippen LogP contribution in [0.1, 0.15) is 30.7 Å². The number of hydrogen-bond donors (Lipinski definition) is 0. The number of halogens is 3. The second-order valence-electron chi connectivity index (χ2n) is 6.67. The van der Waals surface area contributed by atoms with Gasteiger partial charge in [0.2, 0.25) is 16.0 Å². The van der Waals surface area contributed by atoms with Gasteiger partial charge < -0.3 is 9.80 Å². The maximum atomic E-state index is 12.6. The third-order valence-electron chi connectivity index (χ3n) is 5.36. The minimum atomic E-state index is -4.45. The van der Waals surface area contributed by atoms with Crippen molar-refractivity contribution in [2.45, 2.75) is 31.9 Å². The Labute approximate surface area is 135 Å². The molecule has 9 heteroatoms. The van der Waals surface area contributed by atoms with Gasteiger partial charge in [-0.15, -0.1) is 10.2 Å². The molecule has 1 saturated heterocycles. The fraction of sp³-hybridized carbons (Fsp3) is 0.786. The smallest absolute Gasteiger partial charge is 0.343 e. The molecule has 1 aromatic heterocycles. The lowest BCUT2D eigenvalue weighted by atomic mass is 9.79. The van der Waals surface area contributed by atoms with E-state index in [2.05, 4.69) is 10.2 Å². The fourth-order valence-electron chi connectivity index (χ4n) is 3.68. The Morgan fingerprint density at radius 1 is 1.17 bits per heavy atom. The Hall–Kier alpha value is -1.38. The molecule has 0 N–H and O–H groups in total. The molecule has 0 unspecified atom stereocenters. The molecule has 2 saturated carbocycles. The highest BCUT2D eigenvalue weighted by atomic mass is 32.1. The van der Waals surface area contributed by atoms with Crippen molar-refractivity contribution in [3.63, 3.8) is 0 Å². The molecule has 1 amide bonds. The summed E-state index contributed by atoms with van der Waals surface area (Å²) < 4.78 is 37.7. The molecule has 1 atom stereocenters. The minimum Gasteiger partial charge on any atom is -0.343 e. The van der Waals surface area contributed by atoms with Crippen molar-refractivity contribution >= 4 is 22.4 Å². The van der Waals surface area contributed by atoms with Gasteiger partial charge in [0.05, 0.1) is 0 Å². The van der Waals surface area contributed by atoms with Gasteiger partial charge in [0.1, 0.15) is 0 Å². The van der Waals surface area contributed by atoms with Crippen LogP contribution in [-0.4, -0.2) is 47.2 Å². The second kappa shape index (κ2) is 5.06. The number of nitrogens with zero attached hydrogens (tertiary/aromatic N) is 4. The number of aromatic nitrogens is 2. The third kappa shape index (κ3) is 2.58. The largest absolute Gasteiger partial charge is 0.445 e.